The molecular weight excluding hydrogens is 286 g/mol. The Balaban J connectivity index is 1.53. The number of aromatic nitrogens is 4. The van der Waals surface area contributed by atoms with Crippen molar-refractivity contribution in [2.45, 2.75) is 25.2 Å². The van der Waals surface area contributed by atoms with Crippen LogP contribution in [0.3, 0.4) is 0 Å². The van der Waals surface area contributed by atoms with Gasteiger partial charge in [-0.2, -0.15) is 5.10 Å². The Kier molecular flexibility index (Phi) is 3.76. The van der Waals surface area contributed by atoms with Crippen LogP contribution in [-0.2, 0) is 0 Å². The fourth-order valence-corrected chi connectivity index (χ4v) is 2.99. The molecule has 1 radical (unpaired) electrons. The van der Waals surface area contributed by atoms with E-state index in [-0.39, 0.29) is 0 Å². The molecular formula is C18H18N5. The first-order chi connectivity index (χ1) is 11.4. The minimum atomic E-state index is 0.577. The summed E-state index contributed by atoms with van der Waals surface area (Å²) in [4.78, 5) is 8.54. The van der Waals surface area contributed by atoms with Gasteiger partial charge in [0.15, 0.2) is 5.82 Å². The van der Waals surface area contributed by atoms with Crippen LogP contribution in [0.5, 0.6) is 0 Å². The highest BCUT2D eigenvalue weighted by atomic mass is 15.2. The van der Waals surface area contributed by atoms with Gasteiger partial charge >= 0.3 is 0 Å². The van der Waals surface area contributed by atoms with Crippen LogP contribution in [0.1, 0.15) is 30.9 Å². The van der Waals surface area contributed by atoms with Crippen molar-refractivity contribution >= 4 is 11.6 Å². The molecule has 4 rings (SSSR count). The minimum absolute atomic E-state index is 0.577. The summed E-state index contributed by atoms with van der Waals surface area (Å²) in [6, 6.07) is 10.0. The maximum atomic E-state index is 4.38. The van der Waals surface area contributed by atoms with Gasteiger partial charge in [0.2, 0.25) is 0 Å². The van der Waals surface area contributed by atoms with Gasteiger partial charge in [-0.15, -0.1) is 0 Å². The molecule has 5 nitrogen and oxygen atoms in total. The van der Waals surface area contributed by atoms with Crippen LogP contribution in [0.4, 0.5) is 11.6 Å². The summed E-state index contributed by atoms with van der Waals surface area (Å²) in [6.07, 6.45) is 11.3. The number of hydrogen-bond donors (Lipinski definition) is 2. The molecule has 1 fully saturated rings. The number of rotatable bonds is 4. The summed E-state index contributed by atoms with van der Waals surface area (Å²) in [7, 11) is 0. The van der Waals surface area contributed by atoms with Gasteiger partial charge in [-0.05, 0) is 49.4 Å². The molecule has 5 heteroatoms. The van der Waals surface area contributed by atoms with E-state index >= 15 is 0 Å². The van der Waals surface area contributed by atoms with Crippen LogP contribution >= 0.6 is 0 Å². The van der Waals surface area contributed by atoms with E-state index in [0.717, 1.165) is 29.2 Å². The molecule has 0 saturated heterocycles. The molecule has 0 amide bonds. The predicted octanol–water partition coefficient (Wildman–Crippen LogP) is 4.08. The van der Waals surface area contributed by atoms with Crippen LogP contribution < -0.4 is 5.32 Å². The van der Waals surface area contributed by atoms with Gasteiger partial charge in [-0.3, -0.25) is 10.1 Å². The average Bonchev–Trinajstić information content (AvgIpc) is 3.27. The molecule has 3 aromatic heterocycles. The van der Waals surface area contributed by atoms with E-state index in [4.69, 9.17) is 0 Å². The smallest absolute Gasteiger partial charge is 0.153 e. The molecule has 1 aliphatic rings. The van der Waals surface area contributed by atoms with Crippen molar-refractivity contribution in [2.24, 2.45) is 0 Å². The molecule has 2 N–H and O–H groups in total. The fourth-order valence-electron chi connectivity index (χ4n) is 2.99. The number of pyridine rings is 2. The van der Waals surface area contributed by atoms with Crippen LogP contribution in [0.25, 0.3) is 11.1 Å². The third-order valence-electron chi connectivity index (χ3n) is 4.22. The van der Waals surface area contributed by atoms with Gasteiger partial charge in [-0.1, -0.05) is 6.07 Å². The highest BCUT2D eigenvalue weighted by molar-refractivity contribution is 5.67. The molecule has 0 aromatic carbocycles. The lowest BCUT2D eigenvalue weighted by molar-refractivity contribution is 0.699. The molecule has 0 unspecified atom stereocenters. The maximum Gasteiger partial charge on any atom is 0.153 e. The lowest BCUT2D eigenvalue weighted by Gasteiger charge is -2.05. The number of aromatic amines is 1. The Bertz CT molecular complexity index is 775. The summed E-state index contributed by atoms with van der Waals surface area (Å²) in [5.41, 5.74) is 3.35. The third-order valence-corrected chi connectivity index (χ3v) is 4.22. The second kappa shape index (κ2) is 6.20. The summed E-state index contributed by atoms with van der Waals surface area (Å²) in [5.74, 6) is 2.16. The highest BCUT2D eigenvalue weighted by Crippen LogP contribution is 2.33. The number of anilines is 2. The lowest BCUT2D eigenvalue weighted by Crippen LogP contribution is -1.94. The zero-order valence-corrected chi connectivity index (χ0v) is 12.7. The quantitative estimate of drug-likeness (QED) is 0.762. The molecule has 3 aromatic rings. The summed E-state index contributed by atoms with van der Waals surface area (Å²) >= 11 is 0. The average molecular weight is 304 g/mol. The molecule has 1 saturated carbocycles. The van der Waals surface area contributed by atoms with Gasteiger partial charge < -0.3 is 5.32 Å². The first kappa shape index (κ1) is 13.9. The van der Waals surface area contributed by atoms with E-state index in [9.17, 15) is 0 Å². The van der Waals surface area contributed by atoms with Crippen LogP contribution in [-0.4, -0.2) is 20.2 Å². The molecule has 1 aliphatic carbocycles. The van der Waals surface area contributed by atoms with E-state index < -0.39 is 0 Å². The van der Waals surface area contributed by atoms with Gasteiger partial charge in [-0.25, -0.2) is 4.98 Å². The van der Waals surface area contributed by atoms with Crippen molar-refractivity contribution in [3.8, 4) is 11.1 Å². The van der Waals surface area contributed by atoms with Crippen molar-refractivity contribution in [1.82, 2.24) is 20.2 Å². The summed E-state index contributed by atoms with van der Waals surface area (Å²) in [6.45, 7) is 0. The van der Waals surface area contributed by atoms with Crippen molar-refractivity contribution in [3.05, 3.63) is 61.0 Å². The van der Waals surface area contributed by atoms with Gasteiger partial charge in [0, 0.05) is 41.8 Å². The Hall–Kier alpha value is -2.69. The second-order valence-corrected chi connectivity index (χ2v) is 5.80. The molecule has 1 atom stereocenters. The lowest BCUT2D eigenvalue weighted by atomic mass is 10.0. The first-order valence-corrected chi connectivity index (χ1v) is 7.89. The van der Waals surface area contributed by atoms with E-state index in [1.165, 1.54) is 18.5 Å². The molecule has 23 heavy (non-hydrogen) atoms. The van der Waals surface area contributed by atoms with Crippen LogP contribution in [0.2, 0.25) is 0 Å². The minimum Gasteiger partial charge on any atom is -0.323 e. The van der Waals surface area contributed by atoms with E-state index in [1.54, 1.807) is 12.4 Å². The highest BCUT2D eigenvalue weighted by Gasteiger charge is 2.19. The SMILES string of the molecule is [CH]1CC[C@@H](c2cc(Nc3cc(-c4cccnc4)ccn3)n[nH]2)C1. The second-order valence-electron chi connectivity index (χ2n) is 5.80. The maximum absolute atomic E-state index is 4.38. The predicted molar refractivity (Wildman–Crippen MR) is 90.2 cm³/mol. The standard InChI is InChI=1S/C18H18N5/c1-2-5-13(4-1)16-11-18(23-22-16)21-17-10-14(7-9-20-17)15-6-3-8-19-12-15/h1,3,6-13H,2,4-5H2,(H2,20,21,22,23)/t13-/m0/s1. The summed E-state index contributed by atoms with van der Waals surface area (Å²) < 4.78 is 0. The Morgan fingerprint density at radius 2 is 2.09 bits per heavy atom. The van der Waals surface area contributed by atoms with Crippen molar-refractivity contribution in [1.29, 1.82) is 0 Å². The Labute approximate surface area is 135 Å². The molecule has 3 heterocycles. The normalized spacial score (nSPS) is 15.0. The van der Waals surface area contributed by atoms with Gasteiger partial charge in [0.25, 0.3) is 0 Å². The molecule has 0 spiro atoms. The first-order valence-electron chi connectivity index (χ1n) is 7.89. The summed E-state index contributed by atoms with van der Waals surface area (Å²) in [5, 5.41) is 10.8. The molecule has 0 bridgehead atoms. The number of H-pyrrole nitrogens is 1. The van der Waals surface area contributed by atoms with E-state index in [1.807, 2.05) is 30.5 Å². The van der Waals surface area contributed by atoms with Gasteiger partial charge in [0.1, 0.15) is 5.82 Å². The molecule has 115 valence electrons. The largest absolute Gasteiger partial charge is 0.323 e. The van der Waals surface area contributed by atoms with Crippen molar-refractivity contribution in [2.75, 3.05) is 5.32 Å². The number of hydrogen-bond acceptors (Lipinski definition) is 4. The zero-order chi connectivity index (χ0) is 15.5. The number of nitrogens with one attached hydrogen (secondary N) is 2. The zero-order valence-electron chi connectivity index (χ0n) is 12.7. The fraction of sp³-hybridized carbons (Fsp3) is 0.222. The van der Waals surface area contributed by atoms with Crippen LogP contribution in [0, 0.1) is 6.42 Å². The van der Waals surface area contributed by atoms with Crippen LogP contribution in [0.15, 0.2) is 48.9 Å². The topological polar surface area (TPSA) is 66.5 Å². The van der Waals surface area contributed by atoms with Crippen molar-refractivity contribution < 1.29 is 0 Å². The molecule has 0 aliphatic heterocycles. The third kappa shape index (κ3) is 3.08. The number of nitrogens with zero attached hydrogens (tertiary/aromatic N) is 3. The van der Waals surface area contributed by atoms with Crippen molar-refractivity contribution in [3.63, 3.8) is 0 Å². The van der Waals surface area contributed by atoms with E-state index in [2.05, 4.69) is 38.0 Å². The Morgan fingerprint density at radius 3 is 2.91 bits per heavy atom. The van der Waals surface area contributed by atoms with E-state index in [0.29, 0.717) is 5.92 Å². The Morgan fingerprint density at radius 1 is 1.09 bits per heavy atom. The monoisotopic (exact) mass is 304 g/mol. The van der Waals surface area contributed by atoms with Gasteiger partial charge in [0.05, 0.1) is 0 Å².